The molecule has 3 heterocycles. The molecule has 3 aromatic heterocycles. The van der Waals surface area contributed by atoms with Gasteiger partial charge in [-0.3, -0.25) is 9.20 Å². The summed E-state index contributed by atoms with van der Waals surface area (Å²) < 4.78 is 17.6. The Morgan fingerprint density at radius 1 is 1.07 bits per heavy atom. The van der Waals surface area contributed by atoms with Crippen molar-refractivity contribution in [1.82, 2.24) is 9.38 Å². The lowest BCUT2D eigenvalue weighted by Gasteiger charge is -2.05. The number of hydrogen-bond acceptors (Lipinski definition) is 6. The van der Waals surface area contributed by atoms with E-state index < -0.39 is 5.97 Å². The molecule has 0 saturated carbocycles. The summed E-state index contributed by atoms with van der Waals surface area (Å²) in [5, 5.41) is 0.422. The van der Waals surface area contributed by atoms with Gasteiger partial charge in [0.25, 0.3) is 5.56 Å². The molecule has 8 heteroatoms. The number of halogens is 1. The molecule has 0 saturated heterocycles. The van der Waals surface area contributed by atoms with Gasteiger partial charge in [-0.1, -0.05) is 29.8 Å². The fraction of sp³-hybridized carbons (Fsp3) is 0.0952. The van der Waals surface area contributed by atoms with Crippen molar-refractivity contribution in [2.75, 3.05) is 0 Å². The highest BCUT2D eigenvalue weighted by atomic mass is 35.5. The van der Waals surface area contributed by atoms with Gasteiger partial charge in [-0.2, -0.15) is 0 Å². The molecule has 0 atom stereocenters. The van der Waals surface area contributed by atoms with Crippen LogP contribution < -0.4 is 10.3 Å². The zero-order valence-electron chi connectivity index (χ0n) is 15.1. The summed E-state index contributed by atoms with van der Waals surface area (Å²) in [5.41, 5.74) is 0.415. The van der Waals surface area contributed by atoms with E-state index in [0.29, 0.717) is 27.9 Å². The zero-order valence-corrected chi connectivity index (χ0v) is 15.8. The summed E-state index contributed by atoms with van der Waals surface area (Å²) in [7, 11) is 0. The topological polar surface area (TPSA) is 83.0 Å². The molecule has 0 aliphatic carbocycles. The largest absolute Gasteiger partial charge is 0.486 e. The Kier molecular flexibility index (Phi) is 5.31. The minimum absolute atomic E-state index is 0.0426. The fourth-order valence-corrected chi connectivity index (χ4v) is 2.81. The average molecular weight is 411 g/mol. The molecule has 0 radical (unpaired) electrons. The molecule has 29 heavy (non-hydrogen) atoms. The van der Waals surface area contributed by atoms with E-state index in [1.165, 1.54) is 22.7 Å². The van der Waals surface area contributed by atoms with Gasteiger partial charge in [-0.25, -0.2) is 9.78 Å². The normalized spacial score (nSPS) is 10.8. The molecular weight excluding hydrogens is 396 g/mol. The van der Waals surface area contributed by atoms with E-state index in [0.717, 1.165) is 0 Å². The number of para-hydroxylation sites is 1. The van der Waals surface area contributed by atoms with Crippen LogP contribution in [0.15, 0.2) is 76.1 Å². The fourth-order valence-electron chi connectivity index (χ4n) is 2.65. The van der Waals surface area contributed by atoms with E-state index in [9.17, 15) is 9.59 Å². The highest BCUT2D eigenvalue weighted by molar-refractivity contribution is 6.30. The molecule has 0 bridgehead atoms. The Morgan fingerprint density at radius 3 is 2.72 bits per heavy atom. The van der Waals surface area contributed by atoms with Crippen molar-refractivity contribution < 1.29 is 18.7 Å². The molecule has 0 amide bonds. The molecule has 4 aromatic rings. The SMILES string of the molecule is O=C(OCc1cc(=O)n2cc(Cl)ccc2n1)c1ccc(COc2ccccc2)o1. The molecule has 0 spiro atoms. The van der Waals surface area contributed by atoms with Crippen LogP contribution >= 0.6 is 11.6 Å². The molecule has 0 aliphatic heterocycles. The molecule has 0 aliphatic rings. The van der Waals surface area contributed by atoms with Gasteiger partial charge < -0.3 is 13.9 Å². The van der Waals surface area contributed by atoms with Crippen molar-refractivity contribution in [2.24, 2.45) is 0 Å². The van der Waals surface area contributed by atoms with Crippen LogP contribution in [0.5, 0.6) is 5.75 Å². The number of carbonyl (C=O) groups excluding carboxylic acids is 1. The number of pyridine rings is 1. The monoisotopic (exact) mass is 410 g/mol. The van der Waals surface area contributed by atoms with Crippen LogP contribution in [0.2, 0.25) is 5.02 Å². The third-order valence-electron chi connectivity index (χ3n) is 4.01. The van der Waals surface area contributed by atoms with Gasteiger partial charge in [0.1, 0.15) is 30.4 Å². The van der Waals surface area contributed by atoms with Gasteiger partial charge in [0, 0.05) is 12.3 Å². The maximum atomic E-state index is 12.2. The number of nitrogens with zero attached hydrogens (tertiary/aromatic N) is 2. The third-order valence-corrected chi connectivity index (χ3v) is 4.24. The second kappa shape index (κ2) is 8.20. The van der Waals surface area contributed by atoms with Crippen molar-refractivity contribution in [2.45, 2.75) is 13.2 Å². The Balaban J connectivity index is 1.39. The Morgan fingerprint density at radius 2 is 1.90 bits per heavy atom. The maximum absolute atomic E-state index is 12.2. The first-order chi connectivity index (χ1) is 14.1. The number of rotatable bonds is 6. The number of carbonyl (C=O) groups is 1. The van der Waals surface area contributed by atoms with E-state index in [4.69, 9.17) is 25.5 Å². The molecular formula is C21H15ClN2O5. The van der Waals surface area contributed by atoms with Crippen LogP contribution in [0.1, 0.15) is 22.0 Å². The lowest BCUT2D eigenvalue weighted by Crippen LogP contribution is -2.16. The summed E-state index contributed by atoms with van der Waals surface area (Å²) in [6, 6.07) is 16.9. The number of aromatic nitrogens is 2. The number of esters is 1. The highest BCUT2D eigenvalue weighted by Crippen LogP contribution is 2.15. The van der Waals surface area contributed by atoms with E-state index in [-0.39, 0.29) is 24.5 Å². The molecule has 0 unspecified atom stereocenters. The van der Waals surface area contributed by atoms with Crippen molar-refractivity contribution in [3.8, 4) is 5.75 Å². The summed E-state index contributed by atoms with van der Waals surface area (Å²) in [6.45, 7) is 0.0204. The smallest absolute Gasteiger partial charge is 0.374 e. The van der Waals surface area contributed by atoms with Crippen molar-refractivity contribution in [1.29, 1.82) is 0 Å². The molecule has 7 nitrogen and oxygen atoms in total. The highest BCUT2D eigenvalue weighted by Gasteiger charge is 2.14. The van der Waals surface area contributed by atoms with E-state index in [1.54, 1.807) is 18.2 Å². The number of ether oxygens (including phenoxy) is 2. The lowest BCUT2D eigenvalue weighted by molar-refractivity contribution is 0.0427. The minimum atomic E-state index is -0.658. The molecule has 1 aromatic carbocycles. The zero-order chi connectivity index (χ0) is 20.2. The van der Waals surface area contributed by atoms with E-state index in [1.807, 2.05) is 30.3 Å². The molecule has 0 N–H and O–H groups in total. The number of fused-ring (bicyclic) bond motifs is 1. The number of furan rings is 1. The van der Waals surface area contributed by atoms with Gasteiger partial charge in [0.05, 0.1) is 10.7 Å². The van der Waals surface area contributed by atoms with Crippen LogP contribution in [0.25, 0.3) is 5.65 Å². The Bertz CT molecular complexity index is 1220. The standard InChI is InChI=1S/C21H15ClN2O5/c22-14-6-9-19-23-15(10-20(25)24(19)11-14)12-28-21(26)18-8-7-17(29-18)13-27-16-4-2-1-3-5-16/h1-11H,12-13H2. The van der Waals surface area contributed by atoms with Crippen LogP contribution in [0.4, 0.5) is 0 Å². The first kappa shape index (κ1) is 18.8. The van der Waals surface area contributed by atoms with Gasteiger partial charge in [0.2, 0.25) is 5.76 Å². The average Bonchev–Trinajstić information content (AvgIpc) is 3.21. The summed E-state index contributed by atoms with van der Waals surface area (Å²) in [6.07, 6.45) is 1.48. The first-order valence-corrected chi connectivity index (χ1v) is 9.08. The van der Waals surface area contributed by atoms with Gasteiger partial charge >= 0.3 is 5.97 Å². The van der Waals surface area contributed by atoms with Crippen LogP contribution in [-0.2, 0) is 18.0 Å². The van der Waals surface area contributed by atoms with Crippen molar-refractivity contribution in [3.63, 3.8) is 0 Å². The summed E-state index contributed by atoms with van der Waals surface area (Å²) in [5.74, 6) is 0.567. The molecule has 146 valence electrons. The molecule has 4 rings (SSSR count). The van der Waals surface area contributed by atoms with Gasteiger partial charge in [-0.05, 0) is 36.4 Å². The third kappa shape index (κ3) is 4.47. The van der Waals surface area contributed by atoms with Crippen molar-refractivity contribution >= 4 is 23.2 Å². The lowest BCUT2D eigenvalue weighted by atomic mass is 10.3. The van der Waals surface area contributed by atoms with E-state index >= 15 is 0 Å². The predicted octanol–water partition coefficient (Wildman–Crippen LogP) is 3.88. The summed E-state index contributed by atoms with van der Waals surface area (Å²) in [4.78, 5) is 28.7. The predicted molar refractivity (Wildman–Crippen MR) is 105 cm³/mol. The van der Waals surface area contributed by atoms with Crippen LogP contribution in [-0.4, -0.2) is 15.4 Å². The quantitative estimate of drug-likeness (QED) is 0.449. The van der Waals surface area contributed by atoms with Crippen LogP contribution in [0, 0.1) is 0 Å². The number of hydrogen-bond donors (Lipinski definition) is 0. The van der Waals surface area contributed by atoms with E-state index in [2.05, 4.69) is 4.98 Å². The van der Waals surface area contributed by atoms with Crippen LogP contribution in [0.3, 0.4) is 0 Å². The van der Waals surface area contributed by atoms with Gasteiger partial charge in [0.15, 0.2) is 0 Å². The first-order valence-electron chi connectivity index (χ1n) is 8.70. The molecule has 0 fully saturated rings. The summed E-state index contributed by atoms with van der Waals surface area (Å²) >= 11 is 5.88. The second-order valence-electron chi connectivity index (χ2n) is 6.11. The van der Waals surface area contributed by atoms with Gasteiger partial charge in [-0.15, -0.1) is 0 Å². The van der Waals surface area contributed by atoms with Crippen molar-refractivity contribution in [3.05, 3.63) is 99.5 Å². The number of benzene rings is 1. The maximum Gasteiger partial charge on any atom is 0.374 e. The Labute approximate surface area is 170 Å². The second-order valence-corrected chi connectivity index (χ2v) is 6.54. The minimum Gasteiger partial charge on any atom is -0.486 e. The Hall–Kier alpha value is -3.58.